The van der Waals surface area contributed by atoms with Gasteiger partial charge in [0, 0.05) is 5.56 Å². The normalized spacial score (nSPS) is 34.1. The fourth-order valence-electron chi connectivity index (χ4n) is 3.70. The zero-order chi connectivity index (χ0) is 15.3. The molecule has 1 aliphatic carbocycles. The summed E-state index contributed by atoms with van der Waals surface area (Å²) in [6.45, 7) is 2.03. The predicted octanol–water partition coefficient (Wildman–Crippen LogP) is 3.00. The van der Waals surface area contributed by atoms with Crippen LogP contribution in [-0.4, -0.2) is 28.8 Å². The minimum Gasteiger partial charge on any atom is -0.481 e. The van der Waals surface area contributed by atoms with Crippen LogP contribution in [0.1, 0.15) is 38.2 Å². The first-order chi connectivity index (χ1) is 9.98. The van der Waals surface area contributed by atoms with Crippen molar-refractivity contribution in [3.63, 3.8) is 0 Å². The number of carboxylic acid groups (broad SMARTS) is 1. The van der Waals surface area contributed by atoms with Crippen molar-refractivity contribution in [2.24, 2.45) is 5.92 Å². The summed E-state index contributed by atoms with van der Waals surface area (Å²) < 4.78 is 11.5. The minimum absolute atomic E-state index is 0.341. The molecule has 21 heavy (non-hydrogen) atoms. The van der Waals surface area contributed by atoms with Gasteiger partial charge < -0.3 is 14.6 Å². The summed E-state index contributed by atoms with van der Waals surface area (Å²) in [7, 11) is 1.55. The van der Waals surface area contributed by atoms with Gasteiger partial charge in [0.2, 0.25) is 5.88 Å². The highest BCUT2D eigenvalue weighted by Gasteiger charge is 2.72. The molecule has 1 saturated heterocycles. The number of rotatable bonds is 4. The highest BCUT2D eigenvalue weighted by atomic mass is 35.5. The van der Waals surface area contributed by atoms with Crippen molar-refractivity contribution in [2.75, 3.05) is 7.11 Å². The van der Waals surface area contributed by atoms with Crippen LogP contribution in [0.3, 0.4) is 0 Å². The standard InChI is InChI=1S/C15H18ClNO4/c1-3-14-8-9(13(18)19)6-7-15(14,21-14)10-4-5-11(16)17-12(10)20-2/h4-5,9H,3,6-8H2,1-2H3,(H,18,19). The molecule has 3 atom stereocenters. The Labute approximate surface area is 128 Å². The maximum Gasteiger partial charge on any atom is 0.306 e. The predicted molar refractivity (Wildman–Crippen MR) is 76.6 cm³/mol. The number of aromatic nitrogens is 1. The van der Waals surface area contributed by atoms with Crippen LogP contribution in [0.25, 0.3) is 0 Å². The molecule has 1 aromatic heterocycles. The zero-order valence-electron chi connectivity index (χ0n) is 12.1. The lowest BCUT2D eigenvalue weighted by Gasteiger charge is -2.29. The monoisotopic (exact) mass is 311 g/mol. The van der Waals surface area contributed by atoms with Gasteiger partial charge in [-0.25, -0.2) is 4.98 Å². The van der Waals surface area contributed by atoms with Crippen LogP contribution < -0.4 is 4.74 Å². The number of nitrogens with zero attached hydrogens (tertiary/aromatic N) is 1. The molecule has 2 heterocycles. The highest BCUT2D eigenvalue weighted by molar-refractivity contribution is 6.29. The number of methoxy groups -OCH3 is 1. The van der Waals surface area contributed by atoms with Crippen LogP contribution in [0.15, 0.2) is 12.1 Å². The molecule has 2 fully saturated rings. The van der Waals surface area contributed by atoms with Gasteiger partial charge in [-0.2, -0.15) is 0 Å². The Morgan fingerprint density at radius 3 is 3.00 bits per heavy atom. The lowest BCUT2D eigenvalue weighted by atomic mass is 9.70. The summed E-state index contributed by atoms with van der Waals surface area (Å²) in [6.07, 6.45) is 2.56. The van der Waals surface area contributed by atoms with Crippen molar-refractivity contribution in [1.29, 1.82) is 0 Å². The first-order valence-corrected chi connectivity index (χ1v) is 7.50. The summed E-state index contributed by atoms with van der Waals surface area (Å²) in [4.78, 5) is 15.5. The second-order valence-corrected chi connectivity index (χ2v) is 6.13. The van der Waals surface area contributed by atoms with E-state index in [0.717, 1.165) is 12.0 Å². The molecule has 1 N–H and O–H groups in total. The Morgan fingerprint density at radius 1 is 1.62 bits per heavy atom. The third kappa shape index (κ3) is 2.02. The first kappa shape index (κ1) is 14.6. The summed E-state index contributed by atoms with van der Waals surface area (Å²) in [6, 6.07) is 3.60. The van der Waals surface area contributed by atoms with E-state index in [0.29, 0.717) is 30.3 Å². The number of pyridine rings is 1. The fourth-order valence-corrected chi connectivity index (χ4v) is 3.84. The topological polar surface area (TPSA) is 72.0 Å². The molecule has 0 amide bonds. The van der Waals surface area contributed by atoms with E-state index in [1.807, 2.05) is 13.0 Å². The molecule has 0 aromatic carbocycles. The fraction of sp³-hybridized carbons (Fsp3) is 0.600. The molecular formula is C15H18ClNO4. The van der Waals surface area contributed by atoms with Crippen molar-refractivity contribution in [1.82, 2.24) is 4.98 Å². The number of hydrogen-bond acceptors (Lipinski definition) is 4. The van der Waals surface area contributed by atoms with Crippen molar-refractivity contribution >= 4 is 17.6 Å². The summed E-state index contributed by atoms with van der Waals surface area (Å²) in [5, 5.41) is 9.64. The van der Waals surface area contributed by atoms with Crippen LogP contribution in [0.5, 0.6) is 5.88 Å². The SMILES string of the molecule is CCC12CC(C(=O)O)CCC1(c1ccc(Cl)nc1OC)O2. The van der Waals surface area contributed by atoms with Crippen LogP contribution in [-0.2, 0) is 15.1 Å². The summed E-state index contributed by atoms with van der Waals surface area (Å²) >= 11 is 5.92. The van der Waals surface area contributed by atoms with Crippen LogP contribution in [0, 0.1) is 5.92 Å². The van der Waals surface area contributed by atoms with Crippen molar-refractivity contribution in [3.05, 3.63) is 22.8 Å². The number of carboxylic acids is 1. The molecule has 0 radical (unpaired) electrons. The maximum atomic E-state index is 11.3. The molecule has 1 aromatic rings. The Hall–Kier alpha value is -1.33. The highest BCUT2D eigenvalue weighted by Crippen LogP contribution is 2.67. The molecular weight excluding hydrogens is 294 g/mol. The zero-order valence-corrected chi connectivity index (χ0v) is 12.8. The average molecular weight is 312 g/mol. The van der Waals surface area contributed by atoms with Crippen molar-refractivity contribution in [2.45, 2.75) is 43.8 Å². The molecule has 1 aliphatic heterocycles. The second kappa shape index (κ2) is 4.85. The van der Waals surface area contributed by atoms with Crippen LogP contribution >= 0.6 is 11.6 Å². The molecule has 114 valence electrons. The Morgan fingerprint density at radius 2 is 2.38 bits per heavy atom. The smallest absolute Gasteiger partial charge is 0.306 e. The number of fused-ring (bicyclic) bond motifs is 1. The molecule has 0 spiro atoms. The van der Waals surface area contributed by atoms with E-state index in [2.05, 4.69) is 4.98 Å². The van der Waals surface area contributed by atoms with Gasteiger partial charge >= 0.3 is 5.97 Å². The van der Waals surface area contributed by atoms with Gasteiger partial charge in [-0.1, -0.05) is 18.5 Å². The van der Waals surface area contributed by atoms with Gasteiger partial charge in [0.15, 0.2) is 0 Å². The maximum absolute atomic E-state index is 11.3. The Bertz CT molecular complexity index is 593. The van der Waals surface area contributed by atoms with Gasteiger partial charge in [0.1, 0.15) is 16.4 Å². The van der Waals surface area contributed by atoms with Crippen molar-refractivity contribution in [3.8, 4) is 5.88 Å². The molecule has 3 unspecified atom stereocenters. The van der Waals surface area contributed by atoms with Gasteiger partial charge in [-0.05, 0) is 37.8 Å². The Balaban J connectivity index is 1.98. The van der Waals surface area contributed by atoms with E-state index in [-0.39, 0.29) is 5.92 Å². The van der Waals surface area contributed by atoms with Gasteiger partial charge in [0.05, 0.1) is 13.0 Å². The Kier molecular flexibility index (Phi) is 3.37. The van der Waals surface area contributed by atoms with E-state index in [1.54, 1.807) is 13.2 Å². The van der Waals surface area contributed by atoms with Crippen molar-refractivity contribution < 1.29 is 19.4 Å². The quantitative estimate of drug-likeness (QED) is 0.683. The van der Waals surface area contributed by atoms with E-state index >= 15 is 0 Å². The number of halogens is 1. The molecule has 5 nitrogen and oxygen atoms in total. The van der Waals surface area contributed by atoms with E-state index < -0.39 is 17.2 Å². The molecule has 3 rings (SSSR count). The van der Waals surface area contributed by atoms with Gasteiger partial charge in [0.25, 0.3) is 0 Å². The first-order valence-electron chi connectivity index (χ1n) is 7.12. The number of carbonyl (C=O) groups is 1. The molecule has 1 saturated carbocycles. The number of ether oxygens (including phenoxy) is 2. The number of hydrogen-bond donors (Lipinski definition) is 1. The average Bonchev–Trinajstić information content (AvgIpc) is 3.16. The van der Waals surface area contributed by atoms with Gasteiger partial charge in [-0.3, -0.25) is 4.79 Å². The van der Waals surface area contributed by atoms with Crippen LogP contribution in [0.2, 0.25) is 5.15 Å². The van der Waals surface area contributed by atoms with E-state index in [9.17, 15) is 9.90 Å². The number of aliphatic carboxylic acids is 1. The minimum atomic E-state index is -0.742. The summed E-state index contributed by atoms with van der Waals surface area (Å²) in [5.41, 5.74) is -0.0200. The molecule has 0 bridgehead atoms. The lowest BCUT2D eigenvalue weighted by Crippen LogP contribution is -2.35. The number of epoxide rings is 1. The second-order valence-electron chi connectivity index (χ2n) is 5.75. The van der Waals surface area contributed by atoms with Gasteiger partial charge in [-0.15, -0.1) is 0 Å². The summed E-state index contributed by atoms with van der Waals surface area (Å²) in [5.74, 6) is -0.619. The third-order valence-electron chi connectivity index (χ3n) is 4.86. The molecule has 2 aliphatic rings. The molecule has 6 heteroatoms. The van der Waals surface area contributed by atoms with Crippen LogP contribution in [0.4, 0.5) is 0 Å². The van der Waals surface area contributed by atoms with E-state index in [1.165, 1.54) is 0 Å². The largest absolute Gasteiger partial charge is 0.481 e. The third-order valence-corrected chi connectivity index (χ3v) is 5.07. The van der Waals surface area contributed by atoms with E-state index in [4.69, 9.17) is 21.1 Å². The lowest BCUT2D eigenvalue weighted by molar-refractivity contribution is -0.143.